The first-order valence-electron chi connectivity index (χ1n) is 7.09. The molecule has 5 nitrogen and oxygen atoms in total. The fourth-order valence-corrected chi connectivity index (χ4v) is 1.90. The van der Waals surface area contributed by atoms with Crippen molar-refractivity contribution in [1.29, 1.82) is 5.26 Å². The van der Waals surface area contributed by atoms with Gasteiger partial charge >= 0.3 is 5.97 Å². The van der Waals surface area contributed by atoms with E-state index in [-0.39, 0.29) is 0 Å². The third-order valence-electron chi connectivity index (χ3n) is 3.25. The molecule has 0 radical (unpaired) electrons. The largest absolute Gasteiger partial charge is 0.449 e. The molecule has 0 aliphatic heterocycles. The Morgan fingerprint density at radius 2 is 1.78 bits per heavy atom. The average Bonchev–Trinajstić information content (AvgIpc) is 2.55. The van der Waals surface area contributed by atoms with Crippen LogP contribution >= 0.6 is 0 Å². The van der Waals surface area contributed by atoms with E-state index >= 15 is 0 Å². The maximum Gasteiger partial charge on any atom is 0.338 e. The Balaban J connectivity index is 2.01. The molecular formula is C18H16N2O3. The van der Waals surface area contributed by atoms with E-state index in [1.165, 1.54) is 6.92 Å². The number of carbonyl (C=O) groups excluding carboxylic acids is 2. The molecule has 116 valence electrons. The van der Waals surface area contributed by atoms with Gasteiger partial charge in [-0.1, -0.05) is 29.8 Å². The van der Waals surface area contributed by atoms with Gasteiger partial charge < -0.3 is 10.1 Å². The molecule has 0 fully saturated rings. The van der Waals surface area contributed by atoms with E-state index < -0.39 is 18.0 Å². The highest BCUT2D eigenvalue weighted by Crippen LogP contribution is 2.14. The zero-order valence-corrected chi connectivity index (χ0v) is 12.9. The summed E-state index contributed by atoms with van der Waals surface area (Å²) in [5.41, 5.74) is 2.14. The summed E-state index contributed by atoms with van der Waals surface area (Å²) in [6, 6.07) is 15.5. The van der Waals surface area contributed by atoms with Gasteiger partial charge in [0.15, 0.2) is 6.10 Å². The first-order chi connectivity index (χ1) is 11.0. The van der Waals surface area contributed by atoms with Crippen molar-refractivity contribution >= 4 is 17.6 Å². The summed E-state index contributed by atoms with van der Waals surface area (Å²) in [6.45, 7) is 3.40. The lowest BCUT2D eigenvalue weighted by Gasteiger charge is -2.14. The number of para-hydroxylation sites is 1. The summed E-state index contributed by atoms with van der Waals surface area (Å²) < 4.78 is 5.15. The molecule has 2 aromatic carbocycles. The molecule has 0 aliphatic carbocycles. The van der Waals surface area contributed by atoms with Crippen molar-refractivity contribution in [3.8, 4) is 6.07 Å². The molecule has 5 heteroatoms. The van der Waals surface area contributed by atoms with Crippen LogP contribution < -0.4 is 5.32 Å². The zero-order valence-electron chi connectivity index (χ0n) is 12.9. The van der Waals surface area contributed by atoms with Crippen molar-refractivity contribution in [3.63, 3.8) is 0 Å². The highest BCUT2D eigenvalue weighted by molar-refractivity contribution is 5.98. The second-order valence-corrected chi connectivity index (χ2v) is 5.06. The van der Waals surface area contributed by atoms with E-state index in [1.54, 1.807) is 48.5 Å². The first-order valence-corrected chi connectivity index (χ1v) is 7.09. The molecule has 1 amide bonds. The van der Waals surface area contributed by atoms with Crippen molar-refractivity contribution in [1.82, 2.24) is 0 Å². The molecule has 0 aliphatic rings. The van der Waals surface area contributed by atoms with E-state index in [4.69, 9.17) is 10.00 Å². The average molecular weight is 308 g/mol. The van der Waals surface area contributed by atoms with Crippen LogP contribution in [0.5, 0.6) is 0 Å². The molecular weight excluding hydrogens is 292 g/mol. The standard InChI is InChI=1S/C18H16N2O3/c1-12-7-9-14(10-8-12)18(22)23-13(2)17(21)20-16-6-4-3-5-15(16)11-19/h3-10,13H,1-2H3,(H,20,21)/t13-/m1/s1. The van der Waals surface area contributed by atoms with Crippen LogP contribution in [-0.4, -0.2) is 18.0 Å². The second-order valence-electron chi connectivity index (χ2n) is 5.06. The van der Waals surface area contributed by atoms with Gasteiger partial charge in [0.05, 0.1) is 16.8 Å². The topological polar surface area (TPSA) is 79.2 Å². The minimum atomic E-state index is -0.976. The first kappa shape index (κ1) is 16.2. The molecule has 23 heavy (non-hydrogen) atoms. The number of nitrogens with one attached hydrogen (secondary N) is 1. The normalized spacial score (nSPS) is 11.2. The lowest BCUT2D eigenvalue weighted by molar-refractivity contribution is -0.123. The van der Waals surface area contributed by atoms with Crippen molar-refractivity contribution in [2.24, 2.45) is 0 Å². The lowest BCUT2D eigenvalue weighted by Crippen LogP contribution is -2.30. The predicted octanol–water partition coefficient (Wildman–Crippen LogP) is 3.05. The Morgan fingerprint density at radius 1 is 1.13 bits per heavy atom. The van der Waals surface area contributed by atoms with Gasteiger partial charge in [-0.2, -0.15) is 5.26 Å². The van der Waals surface area contributed by atoms with Gasteiger partial charge in [-0.3, -0.25) is 4.79 Å². The lowest BCUT2D eigenvalue weighted by atomic mass is 10.1. The highest BCUT2D eigenvalue weighted by Gasteiger charge is 2.19. The zero-order chi connectivity index (χ0) is 16.8. The molecule has 1 atom stereocenters. The predicted molar refractivity (Wildman–Crippen MR) is 85.8 cm³/mol. The van der Waals surface area contributed by atoms with Crippen molar-refractivity contribution < 1.29 is 14.3 Å². The second kappa shape index (κ2) is 7.23. The van der Waals surface area contributed by atoms with Gasteiger partial charge in [0.25, 0.3) is 5.91 Å². The summed E-state index contributed by atoms with van der Waals surface area (Å²) in [4.78, 5) is 24.1. The third-order valence-corrected chi connectivity index (χ3v) is 3.25. The van der Waals surface area contributed by atoms with Gasteiger partial charge in [0, 0.05) is 0 Å². The SMILES string of the molecule is Cc1ccc(C(=O)O[C@H](C)C(=O)Nc2ccccc2C#N)cc1. The number of anilines is 1. The number of hydrogen-bond acceptors (Lipinski definition) is 4. The van der Waals surface area contributed by atoms with Crippen LogP contribution in [0.15, 0.2) is 48.5 Å². The number of amides is 1. The molecule has 0 spiro atoms. The van der Waals surface area contributed by atoms with Gasteiger partial charge in [-0.25, -0.2) is 4.79 Å². The van der Waals surface area contributed by atoms with Gasteiger partial charge in [-0.05, 0) is 38.1 Å². The Morgan fingerprint density at radius 3 is 2.43 bits per heavy atom. The van der Waals surface area contributed by atoms with Crippen LogP contribution in [0.4, 0.5) is 5.69 Å². The number of benzene rings is 2. The third kappa shape index (κ3) is 4.17. The highest BCUT2D eigenvalue weighted by atomic mass is 16.5. The maximum absolute atomic E-state index is 12.1. The summed E-state index contributed by atoms with van der Waals surface area (Å²) >= 11 is 0. The molecule has 2 rings (SSSR count). The summed E-state index contributed by atoms with van der Waals surface area (Å²) in [5.74, 6) is -1.06. The van der Waals surface area contributed by atoms with Crippen molar-refractivity contribution in [2.75, 3.05) is 5.32 Å². The number of aryl methyl sites for hydroxylation is 1. The van der Waals surface area contributed by atoms with Crippen LogP contribution in [0.25, 0.3) is 0 Å². The minimum Gasteiger partial charge on any atom is -0.449 e. The molecule has 1 N–H and O–H groups in total. The number of hydrogen-bond donors (Lipinski definition) is 1. The maximum atomic E-state index is 12.1. The Hall–Kier alpha value is -3.13. The van der Waals surface area contributed by atoms with Crippen molar-refractivity contribution in [3.05, 3.63) is 65.2 Å². The monoisotopic (exact) mass is 308 g/mol. The molecule has 0 heterocycles. The summed E-state index contributed by atoms with van der Waals surface area (Å²) in [6.07, 6.45) is -0.976. The van der Waals surface area contributed by atoms with Gasteiger partial charge in [0.2, 0.25) is 0 Å². The van der Waals surface area contributed by atoms with Crippen LogP contribution in [-0.2, 0) is 9.53 Å². The smallest absolute Gasteiger partial charge is 0.338 e. The summed E-state index contributed by atoms with van der Waals surface area (Å²) in [7, 11) is 0. The van der Waals surface area contributed by atoms with E-state index in [2.05, 4.69) is 5.32 Å². The van der Waals surface area contributed by atoms with E-state index in [0.717, 1.165) is 5.56 Å². The van der Waals surface area contributed by atoms with Gasteiger partial charge in [-0.15, -0.1) is 0 Å². The van der Waals surface area contributed by atoms with E-state index in [1.807, 2.05) is 13.0 Å². The minimum absolute atomic E-state index is 0.345. The fourth-order valence-electron chi connectivity index (χ4n) is 1.90. The fraction of sp³-hybridized carbons (Fsp3) is 0.167. The van der Waals surface area contributed by atoms with Crippen LogP contribution in [0, 0.1) is 18.3 Å². The molecule has 0 bridgehead atoms. The quantitative estimate of drug-likeness (QED) is 0.880. The van der Waals surface area contributed by atoms with Crippen LogP contribution in [0.2, 0.25) is 0 Å². The number of nitriles is 1. The Kier molecular flexibility index (Phi) is 5.11. The number of rotatable bonds is 4. The number of ether oxygens (including phenoxy) is 1. The van der Waals surface area contributed by atoms with E-state index in [0.29, 0.717) is 16.8 Å². The molecule has 0 saturated carbocycles. The molecule has 2 aromatic rings. The van der Waals surface area contributed by atoms with Crippen molar-refractivity contribution in [2.45, 2.75) is 20.0 Å². The summed E-state index contributed by atoms with van der Waals surface area (Å²) in [5, 5.41) is 11.6. The van der Waals surface area contributed by atoms with Gasteiger partial charge in [0.1, 0.15) is 6.07 Å². The van der Waals surface area contributed by atoms with Crippen LogP contribution in [0.3, 0.4) is 0 Å². The molecule has 0 aromatic heterocycles. The van der Waals surface area contributed by atoms with Crippen LogP contribution in [0.1, 0.15) is 28.4 Å². The number of carbonyl (C=O) groups is 2. The molecule has 0 unspecified atom stereocenters. The number of esters is 1. The molecule has 0 saturated heterocycles. The Bertz CT molecular complexity index is 761. The number of nitrogens with zero attached hydrogens (tertiary/aromatic N) is 1. The Labute approximate surface area is 134 Å². The van der Waals surface area contributed by atoms with E-state index in [9.17, 15) is 9.59 Å².